The fourth-order valence-electron chi connectivity index (χ4n) is 3.68. The van der Waals surface area contributed by atoms with E-state index in [9.17, 15) is 0 Å². The monoisotopic (exact) mass is 399 g/mol. The largest absolute Gasteiger partial charge is 0.492 e. The average molecular weight is 400 g/mol. The lowest BCUT2D eigenvalue weighted by molar-refractivity contribution is 0.261. The van der Waals surface area contributed by atoms with Crippen LogP contribution in [0.2, 0.25) is 0 Å². The molecule has 0 aliphatic heterocycles. The molecular weight excluding hydrogens is 366 g/mol. The predicted molar refractivity (Wildman–Crippen MR) is 129 cm³/mol. The van der Waals surface area contributed by atoms with Crippen molar-refractivity contribution >= 4 is 11.1 Å². The summed E-state index contributed by atoms with van der Waals surface area (Å²) in [6, 6.07) is 30.0. The lowest BCUT2D eigenvalue weighted by Crippen LogP contribution is -2.19. The fourth-order valence-corrected chi connectivity index (χ4v) is 3.68. The summed E-state index contributed by atoms with van der Waals surface area (Å²) in [5, 5.41) is 0. The first kappa shape index (κ1) is 21.9. The molecule has 3 aromatic rings. The molecule has 0 saturated carbocycles. The highest BCUT2D eigenvalue weighted by Gasteiger charge is 2.24. The minimum Gasteiger partial charge on any atom is -0.492 e. The first-order chi connectivity index (χ1) is 14.4. The molecule has 0 bridgehead atoms. The third-order valence-electron chi connectivity index (χ3n) is 5.08. The molecule has 0 amide bonds. The van der Waals surface area contributed by atoms with E-state index < -0.39 is 0 Å². The molecule has 2 nitrogen and oxygen atoms in total. The summed E-state index contributed by atoms with van der Waals surface area (Å²) in [5.74, 6) is 0.907. The lowest BCUT2D eigenvalue weighted by atomic mass is 9.76. The van der Waals surface area contributed by atoms with E-state index in [1.165, 1.54) is 27.8 Å². The van der Waals surface area contributed by atoms with Crippen LogP contribution >= 0.6 is 0 Å². The van der Waals surface area contributed by atoms with E-state index in [2.05, 4.69) is 125 Å². The zero-order valence-corrected chi connectivity index (χ0v) is 18.9. The Morgan fingerprint density at radius 3 is 1.70 bits per heavy atom. The molecule has 0 saturated heterocycles. The van der Waals surface area contributed by atoms with Gasteiger partial charge < -0.3 is 9.64 Å². The molecule has 0 aliphatic carbocycles. The fraction of sp³-hybridized carbons (Fsp3) is 0.286. The van der Waals surface area contributed by atoms with Gasteiger partial charge in [-0.15, -0.1) is 0 Å². The number of hydrogen-bond donors (Lipinski definition) is 0. The first-order valence-electron chi connectivity index (χ1n) is 10.6. The highest BCUT2D eigenvalue weighted by atomic mass is 16.5. The van der Waals surface area contributed by atoms with Crippen LogP contribution in [0, 0.1) is 5.41 Å². The summed E-state index contributed by atoms with van der Waals surface area (Å²) in [7, 11) is 4.11. The van der Waals surface area contributed by atoms with Gasteiger partial charge in [0.15, 0.2) is 0 Å². The van der Waals surface area contributed by atoms with Gasteiger partial charge in [0.2, 0.25) is 0 Å². The maximum absolute atomic E-state index is 5.91. The molecule has 0 N–H and O–H groups in total. The molecule has 0 radical (unpaired) electrons. The van der Waals surface area contributed by atoms with Crippen molar-refractivity contribution in [2.24, 2.45) is 5.41 Å². The summed E-state index contributed by atoms with van der Waals surface area (Å²) in [6.07, 6.45) is 0. The maximum Gasteiger partial charge on any atom is 0.119 e. The van der Waals surface area contributed by atoms with Crippen LogP contribution in [-0.4, -0.2) is 32.1 Å². The quantitative estimate of drug-likeness (QED) is 0.413. The second-order valence-corrected chi connectivity index (χ2v) is 8.91. The van der Waals surface area contributed by atoms with Gasteiger partial charge in [0, 0.05) is 6.54 Å². The Morgan fingerprint density at radius 2 is 1.20 bits per heavy atom. The van der Waals surface area contributed by atoms with E-state index >= 15 is 0 Å². The number of hydrogen-bond acceptors (Lipinski definition) is 2. The molecule has 0 spiro atoms. The Bertz CT molecular complexity index is 949. The van der Waals surface area contributed by atoms with Gasteiger partial charge >= 0.3 is 0 Å². The molecule has 156 valence electrons. The number of ether oxygens (including phenoxy) is 1. The standard InChI is InChI=1S/C28H33NO/c1-28(2,3)27(24-14-10-7-11-15-24)26(22-12-8-6-9-13-22)23-16-18-25(19-17-23)30-21-20-29(4)5/h6-19H,20-21H2,1-5H3/b27-26-. The number of allylic oxidation sites excluding steroid dienone is 1. The van der Waals surface area contributed by atoms with Crippen molar-refractivity contribution in [1.82, 2.24) is 4.90 Å². The molecule has 0 aromatic heterocycles. The summed E-state index contributed by atoms with van der Waals surface area (Å²) in [4.78, 5) is 2.13. The van der Waals surface area contributed by atoms with Crippen LogP contribution in [0.1, 0.15) is 37.5 Å². The molecule has 0 fully saturated rings. The molecule has 0 unspecified atom stereocenters. The van der Waals surface area contributed by atoms with Gasteiger partial charge in [-0.05, 0) is 59.5 Å². The summed E-state index contributed by atoms with van der Waals surface area (Å²) in [5.41, 5.74) is 6.29. The van der Waals surface area contributed by atoms with Crippen molar-refractivity contribution in [1.29, 1.82) is 0 Å². The van der Waals surface area contributed by atoms with Crippen LogP contribution in [0.25, 0.3) is 11.1 Å². The molecule has 2 heteroatoms. The van der Waals surface area contributed by atoms with Crippen molar-refractivity contribution < 1.29 is 4.74 Å². The van der Waals surface area contributed by atoms with Crippen LogP contribution in [0.3, 0.4) is 0 Å². The van der Waals surface area contributed by atoms with Gasteiger partial charge in [0.1, 0.15) is 12.4 Å². The molecular formula is C28H33NO. The van der Waals surface area contributed by atoms with E-state index in [4.69, 9.17) is 4.74 Å². The summed E-state index contributed by atoms with van der Waals surface area (Å²) >= 11 is 0. The Labute approximate surface area is 181 Å². The van der Waals surface area contributed by atoms with Crippen molar-refractivity contribution in [3.05, 3.63) is 102 Å². The van der Waals surface area contributed by atoms with E-state index in [0.717, 1.165) is 12.3 Å². The Hall–Kier alpha value is -2.84. The highest BCUT2D eigenvalue weighted by Crippen LogP contribution is 2.43. The first-order valence-corrected chi connectivity index (χ1v) is 10.6. The molecule has 0 atom stereocenters. The number of rotatable bonds is 7. The van der Waals surface area contributed by atoms with Gasteiger partial charge in [-0.2, -0.15) is 0 Å². The van der Waals surface area contributed by atoms with Crippen LogP contribution < -0.4 is 4.74 Å². The van der Waals surface area contributed by atoms with Gasteiger partial charge in [-0.25, -0.2) is 0 Å². The summed E-state index contributed by atoms with van der Waals surface area (Å²) in [6.45, 7) is 8.45. The second-order valence-electron chi connectivity index (χ2n) is 8.91. The van der Waals surface area contributed by atoms with Gasteiger partial charge in [-0.1, -0.05) is 93.6 Å². The molecule has 30 heavy (non-hydrogen) atoms. The Kier molecular flexibility index (Phi) is 7.12. The van der Waals surface area contributed by atoms with Crippen molar-refractivity contribution in [2.45, 2.75) is 20.8 Å². The Balaban J connectivity index is 2.11. The van der Waals surface area contributed by atoms with Crippen molar-refractivity contribution in [2.75, 3.05) is 27.2 Å². The Morgan fingerprint density at radius 1 is 0.700 bits per heavy atom. The van der Waals surface area contributed by atoms with Gasteiger partial charge in [0.05, 0.1) is 0 Å². The lowest BCUT2D eigenvalue weighted by Gasteiger charge is -2.28. The highest BCUT2D eigenvalue weighted by molar-refractivity contribution is 6.00. The van der Waals surface area contributed by atoms with Crippen LogP contribution in [0.5, 0.6) is 5.75 Å². The van der Waals surface area contributed by atoms with E-state index in [1.54, 1.807) is 0 Å². The van der Waals surface area contributed by atoms with Crippen molar-refractivity contribution in [3.8, 4) is 5.75 Å². The zero-order valence-electron chi connectivity index (χ0n) is 18.9. The number of benzene rings is 3. The summed E-state index contributed by atoms with van der Waals surface area (Å²) < 4.78 is 5.91. The van der Waals surface area contributed by atoms with E-state index in [1.807, 2.05) is 0 Å². The van der Waals surface area contributed by atoms with Gasteiger partial charge in [0.25, 0.3) is 0 Å². The van der Waals surface area contributed by atoms with E-state index in [-0.39, 0.29) is 5.41 Å². The number of nitrogens with zero attached hydrogens (tertiary/aromatic N) is 1. The molecule has 0 heterocycles. The molecule has 3 aromatic carbocycles. The smallest absolute Gasteiger partial charge is 0.119 e. The topological polar surface area (TPSA) is 12.5 Å². The minimum atomic E-state index is -0.0204. The zero-order chi connectivity index (χ0) is 21.6. The second kappa shape index (κ2) is 9.77. The minimum absolute atomic E-state index is 0.0204. The number of likely N-dealkylation sites (N-methyl/N-ethyl adjacent to an activating group) is 1. The molecule has 0 aliphatic rings. The normalized spacial score (nSPS) is 12.6. The van der Waals surface area contributed by atoms with E-state index in [0.29, 0.717) is 6.61 Å². The van der Waals surface area contributed by atoms with Crippen molar-refractivity contribution in [3.63, 3.8) is 0 Å². The van der Waals surface area contributed by atoms with Crippen LogP contribution in [-0.2, 0) is 0 Å². The average Bonchev–Trinajstić information content (AvgIpc) is 2.73. The third kappa shape index (κ3) is 5.61. The molecule has 3 rings (SSSR count). The van der Waals surface area contributed by atoms with Crippen LogP contribution in [0.15, 0.2) is 84.9 Å². The SMILES string of the molecule is CN(C)CCOc1ccc(/C(=C(/c2ccccc2)C(C)(C)C)c2ccccc2)cc1. The van der Waals surface area contributed by atoms with Gasteiger partial charge in [-0.3, -0.25) is 0 Å². The maximum atomic E-state index is 5.91. The predicted octanol–water partition coefficient (Wildman–Crippen LogP) is 6.63. The van der Waals surface area contributed by atoms with Crippen LogP contribution in [0.4, 0.5) is 0 Å². The third-order valence-corrected chi connectivity index (χ3v) is 5.08.